The highest BCUT2D eigenvalue weighted by molar-refractivity contribution is 5.35. The summed E-state index contributed by atoms with van der Waals surface area (Å²) in [6.07, 6.45) is -4.33. The first-order chi connectivity index (χ1) is 8.91. The molecular weight excluding hydrogens is 257 g/mol. The van der Waals surface area contributed by atoms with Gasteiger partial charge in [0.15, 0.2) is 0 Å². The number of aryl methyl sites for hydroxylation is 1. The van der Waals surface area contributed by atoms with Crippen molar-refractivity contribution in [3.63, 3.8) is 0 Å². The van der Waals surface area contributed by atoms with Gasteiger partial charge < -0.3 is 5.32 Å². The third kappa shape index (κ3) is 2.93. The van der Waals surface area contributed by atoms with Crippen LogP contribution in [0.4, 0.5) is 13.2 Å². The molecule has 0 radical (unpaired) electrons. The monoisotopic (exact) mass is 270 g/mol. The Kier molecular flexibility index (Phi) is 3.57. The summed E-state index contributed by atoms with van der Waals surface area (Å²) >= 11 is 0. The van der Waals surface area contributed by atoms with E-state index in [2.05, 4.69) is 15.4 Å². The first-order valence-corrected chi connectivity index (χ1v) is 5.66. The van der Waals surface area contributed by atoms with Crippen molar-refractivity contribution in [1.29, 1.82) is 0 Å². The van der Waals surface area contributed by atoms with Crippen LogP contribution in [0.2, 0.25) is 0 Å². The maximum atomic E-state index is 12.5. The van der Waals surface area contributed by atoms with Gasteiger partial charge in [-0.2, -0.15) is 18.3 Å². The number of halogens is 3. The largest absolute Gasteiger partial charge is 0.416 e. The molecule has 0 bridgehead atoms. The Labute approximate surface area is 108 Å². The number of hydrogen-bond donors (Lipinski definition) is 1. The lowest BCUT2D eigenvalue weighted by molar-refractivity contribution is -0.137. The van der Waals surface area contributed by atoms with Gasteiger partial charge in [-0.1, -0.05) is 0 Å². The van der Waals surface area contributed by atoms with Crippen LogP contribution in [-0.4, -0.2) is 21.8 Å². The van der Waals surface area contributed by atoms with Crippen LogP contribution in [0, 0.1) is 6.92 Å². The molecule has 1 N–H and O–H groups in total. The molecule has 19 heavy (non-hydrogen) atoms. The van der Waals surface area contributed by atoms with Crippen LogP contribution in [-0.2, 0) is 12.7 Å². The molecule has 1 heterocycles. The molecule has 0 atom stereocenters. The van der Waals surface area contributed by atoms with Crippen molar-refractivity contribution in [1.82, 2.24) is 20.1 Å². The average molecular weight is 270 g/mol. The quantitative estimate of drug-likeness (QED) is 0.930. The fourth-order valence-electron chi connectivity index (χ4n) is 1.73. The second-order valence-corrected chi connectivity index (χ2v) is 4.06. The molecule has 1 aromatic carbocycles. The minimum Gasteiger partial charge on any atom is -0.313 e. The van der Waals surface area contributed by atoms with Gasteiger partial charge in [-0.15, -0.1) is 0 Å². The fourth-order valence-corrected chi connectivity index (χ4v) is 1.73. The Morgan fingerprint density at radius 2 is 1.84 bits per heavy atom. The summed E-state index contributed by atoms with van der Waals surface area (Å²) in [6.45, 7) is 2.22. The predicted octanol–water partition coefficient (Wildman–Crippen LogP) is 2.31. The van der Waals surface area contributed by atoms with Crippen molar-refractivity contribution < 1.29 is 13.2 Å². The number of nitrogens with one attached hydrogen (secondary N) is 1. The number of aromatic nitrogens is 3. The van der Waals surface area contributed by atoms with E-state index in [0.29, 0.717) is 23.9 Å². The maximum Gasteiger partial charge on any atom is 0.416 e. The molecule has 0 unspecified atom stereocenters. The highest BCUT2D eigenvalue weighted by atomic mass is 19.4. The van der Waals surface area contributed by atoms with Crippen molar-refractivity contribution in [3.8, 4) is 5.69 Å². The van der Waals surface area contributed by atoms with Gasteiger partial charge in [0.1, 0.15) is 11.6 Å². The van der Waals surface area contributed by atoms with Crippen molar-refractivity contribution in [2.75, 3.05) is 7.05 Å². The van der Waals surface area contributed by atoms with E-state index in [0.717, 1.165) is 12.1 Å². The van der Waals surface area contributed by atoms with Crippen LogP contribution in [0.3, 0.4) is 0 Å². The minimum atomic E-state index is -4.33. The highest BCUT2D eigenvalue weighted by Crippen LogP contribution is 2.29. The SMILES string of the molecule is CNCc1nc(C)nn1-c1ccc(C(F)(F)F)cc1. The van der Waals surface area contributed by atoms with Crippen LogP contribution in [0.1, 0.15) is 17.2 Å². The average Bonchev–Trinajstić information content (AvgIpc) is 2.70. The molecule has 0 aliphatic carbocycles. The topological polar surface area (TPSA) is 42.7 Å². The van der Waals surface area contributed by atoms with E-state index in [-0.39, 0.29) is 0 Å². The van der Waals surface area contributed by atoms with Crippen LogP contribution in [0.25, 0.3) is 5.69 Å². The van der Waals surface area contributed by atoms with E-state index >= 15 is 0 Å². The van der Waals surface area contributed by atoms with Crippen molar-refractivity contribution >= 4 is 0 Å². The van der Waals surface area contributed by atoms with Crippen molar-refractivity contribution in [3.05, 3.63) is 41.5 Å². The minimum absolute atomic E-state index is 0.488. The van der Waals surface area contributed by atoms with Crippen LogP contribution in [0.15, 0.2) is 24.3 Å². The molecule has 0 aliphatic rings. The Bertz CT molecular complexity index is 557. The molecule has 4 nitrogen and oxygen atoms in total. The second kappa shape index (κ2) is 5.00. The number of nitrogens with zero attached hydrogens (tertiary/aromatic N) is 3. The van der Waals surface area contributed by atoms with Gasteiger partial charge in [-0.3, -0.25) is 0 Å². The third-order valence-corrected chi connectivity index (χ3v) is 2.55. The zero-order valence-electron chi connectivity index (χ0n) is 10.5. The predicted molar refractivity (Wildman–Crippen MR) is 63.9 cm³/mol. The van der Waals surface area contributed by atoms with Crippen LogP contribution >= 0.6 is 0 Å². The standard InChI is InChI=1S/C12H13F3N4/c1-8-17-11(7-16-2)19(18-8)10-5-3-9(4-6-10)12(13,14)15/h3-6,16H,7H2,1-2H3. The van der Waals surface area contributed by atoms with Crippen molar-refractivity contribution in [2.24, 2.45) is 0 Å². The van der Waals surface area contributed by atoms with Gasteiger partial charge >= 0.3 is 6.18 Å². The summed E-state index contributed by atoms with van der Waals surface area (Å²) in [7, 11) is 1.76. The number of benzene rings is 1. The lowest BCUT2D eigenvalue weighted by atomic mass is 10.2. The van der Waals surface area contributed by atoms with Gasteiger partial charge in [0.2, 0.25) is 0 Å². The van der Waals surface area contributed by atoms with E-state index in [1.807, 2.05) is 0 Å². The third-order valence-electron chi connectivity index (χ3n) is 2.55. The van der Waals surface area contributed by atoms with Crippen molar-refractivity contribution in [2.45, 2.75) is 19.6 Å². The molecule has 1 aromatic heterocycles. The van der Waals surface area contributed by atoms with Gasteiger partial charge in [0.05, 0.1) is 17.8 Å². The Balaban J connectivity index is 2.37. The zero-order valence-corrected chi connectivity index (χ0v) is 10.5. The zero-order chi connectivity index (χ0) is 14.0. The Morgan fingerprint density at radius 3 is 2.37 bits per heavy atom. The smallest absolute Gasteiger partial charge is 0.313 e. The Hall–Kier alpha value is -1.89. The summed E-state index contributed by atoms with van der Waals surface area (Å²) in [5.74, 6) is 1.23. The summed E-state index contributed by atoms with van der Waals surface area (Å²) < 4.78 is 39.0. The number of hydrogen-bond acceptors (Lipinski definition) is 3. The van der Waals surface area contributed by atoms with Gasteiger partial charge in [0, 0.05) is 0 Å². The highest BCUT2D eigenvalue weighted by Gasteiger charge is 2.30. The molecule has 102 valence electrons. The summed E-state index contributed by atoms with van der Waals surface area (Å²) in [5.41, 5.74) is -0.123. The molecule has 2 rings (SSSR count). The van der Waals surface area contributed by atoms with E-state index in [4.69, 9.17) is 0 Å². The fraction of sp³-hybridized carbons (Fsp3) is 0.333. The van der Waals surface area contributed by atoms with E-state index in [1.165, 1.54) is 16.8 Å². The molecule has 0 saturated carbocycles. The van der Waals surface area contributed by atoms with E-state index in [9.17, 15) is 13.2 Å². The van der Waals surface area contributed by atoms with Crippen LogP contribution < -0.4 is 5.32 Å². The van der Waals surface area contributed by atoms with E-state index < -0.39 is 11.7 Å². The van der Waals surface area contributed by atoms with E-state index in [1.54, 1.807) is 14.0 Å². The molecule has 0 spiro atoms. The Morgan fingerprint density at radius 1 is 1.21 bits per heavy atom. The summed E-state index contributed by atoms with van der Waals surface area (Å²) in [5, 5.41) is 7.12. The lowest BCUT2D eigenvalue weighted by Gasteiger charge is -2.09. The van der Waals surface area contributed by atoms with Gasteiger partial charge in [-0.05, 0) is 38.2 Å². The maximum absolute atomic E-state index is 12.5. The molecule has 0 fully saturated rings. The van der Waals surface area contributed by atoms with Gasteiger partial charge in [0.25, 0.3) is 0 Å². The van der Waals surface area contributed by atoms with Crippen LogP contribution in [0.5, 0.6) is 0 Å². The lowest BCUT2D eigenvalue weighted by Crippen LogP contribution is -2.12. The number of rotatable bonds is 3. The molecule has 0 amide bonds. The number of alkyl halides is 3. The normalized spacial score (nSPS) is 11.8. The first kappa shape index (κ1) is 13.5. The molecule has 0 saturated heterocycles. The molecule has 2 aromatic rings. The molecule has 0 aliphatic heterocycles. The summed E-state index contributed by atoms with van der Waals surface area (Å²) in [6, 6.07) is 4.84. The second-order valence-electron chi connectivity index (χ2n) is 4.06. The first-order valence-electron chi connectivity index (χ1n) is 5.66. The molecule has 7 heteroatoms. The summed E-state index contributed by atoms with van der Waals surface area (Å²) in [4.78, 5) is 4.22. The molecular formula is C12H13F3N4. The van der Waals surface area contributed by atoms with Gasteiger partial charge in [-0.25, -0.2) is 9.67 Å².